The lowest BCUT2D eigenvalue weighted by Gasteiger charge is -2.21. The van der Waals surface area contributed by atoms with Crippen molar-refractivity contribution in [3.8, 4) is 0 Å². The minimum absolute atomic E-state index is 0.132. The van der Waals surface area contributed by atoms with E-state index >= 15 is 0 Å². The maximum atomic E-state index is 12.6. The van der Waals surface area contributed by atoms with Crippen LogP contribution in [0.5, 0.6) is 0 Å². The fourth-order valence-corrected chi connectivity index (χ4v) is 4.96. The second-order valence-electron chi connectivity index (χ2n) is 6.81. The molecule has 0 spiro atoms. The van der Waals surface area contributed by atoms with Crippen LogP contribution in [0, 0.1) is 20.8 Å². The van der Waals surface area contributed by atoms with Crippen molar-refractivity contribution < 1.29 is 9.21 Å². The number of aromatic nitrogens is 1. The smallest absolute Gasteiger partial charge is 0.291 e. The predicted molar refractivity (Wildman–Crippen MR) is 119 cm³/mol. The highest BCUT2D eigenvalue weighted by molar-refractivity contribution is 7.16. The Labute approximate surface area is 177 Å². The number of carbonyl (C=O) groups excluding carboxylic acids is 1. The molecule has 4 aromatic heterocycles. The number of nitrogens with zero attached hydrogens (tertiary/aromatic N) is 1. The number of anilines is 2. The first-order valence-corrected chi connectivity index (χ1v) is 10.9. The zero-order valence-electron chi connectivity index (χ0n) is 16.4. The Hall–Kier alpha value is -2.90. The zero-order chi connectivity index (χ0) is 20.4. The van der Waals surface area contributed by atoms with E-state index in [1.54, 1.807) is 41.0 Å². The van der Waals surface area contributed by atoms with Gasteiger partial charge < -0.3 is 15.1 Å². The number of carbonyl (C=O) groups is 1. The maximum absolute atomic E-state index is 12.6. The zero-order valence-corrected chi connectivity index (χ0v) is 18.0. The van der Waals surface area contributed by atoms with Crippen LogP contribution in [0.15, 0.2) is 58.0 Å². The topological polar surface area (TPSA) is 67.2 Å². The Kier molecular flexibility index (Phi) is 5.51. The molecule has 2 N–H and O–H groups in total. The highest BCUT2D eigenvalue weighted by atomic mass is 32.1. The molecule has 1 amide bonds. The van der Waals surface area contributed by atoms with Crippen molar-refractivity contribution in [1.29, 1.82) is 0 Å². The van der Waals surface area contributed by atoms with E-state index in [1.165, 1.54) is 6.26 Å². The normalized spacial score (nSPS) is 12.0. The van der Waals surface area contributed by atoms with Crippen molar-refractivity contribution in [1.82, 2.24) is 4.98 Å². The third-order valence-electron chi connectivity index (χ3n) is 4.78. The minimum Gasteiger partial charge on any atom is -0.459 e. The summed E-state index contributed by atoms with van der Waals surface area (Å²) in [5, 5.41) is 11.6. The van der Waals surface area contributed by atoms with Gasteiger partial charge in [-0.05, 0) is 78.6 Å². The van der Waals surface area contributed by atoms with E-state index in [1.807, 2.05) is 19.1 Å². The Morgan fingerprint density at radius 1 is 1.21 bits per heavy atom. The summed E-state index contributed by atoms with van der Waals surface area (Å²) in [6.07, 6.45) is 3.30. The van der Waals surface area contributed by atoms with Crippen molar-refractivity contribution in [2.75, 3.05) is 10.6 Å². The summed E-state index contributed by atoms with van der Waals surface area (Å²) in [4.78, 5) is 18.3. The average molecular weight is 424 g/mol. The van der Waals surface area contributed by atoms with E-state index < -0.39 is 0 Å². The monoisotopic (exact) mass is 423 g/mol. The molecule has 1 atom stereocenters. The van der Waals surface area contributed by atoms with Crippen LogP contribution in [0.1, 0.15) is 43.7 Å². The number of aryl methyl sites for hydroxylation is 2. The standard InChI is InChI=1S/C22H21N3O2S2/c1-13-6-8-23-18(11-13)24-20(16-7-10-28-12-16)19-14(2)15(3)29-22(19)25-21(26)17-5-4-9-27-17/h4-12,20H,1-3H3,(H,23,24)(H,25,26). The van der Waals surface area contributed by atoms with Gasteiger partial charge in [-0.15, -0.1) is 11.3 Å². The largest absolute Gasteiger partial charge is 0.459 e. The fourth-order valence-electron chi connectivity index (χ4n) is 3.18. The van der Waals surface area contributed by atoms with Gasteiger partial charge in [0, 0.05) is 16.6 Å². The van der Waals surface area contributed by atoms with Crippen LogP contribution in [-0.4, -0.2) is 10.9 Å². The van der Waals surface area contributed by atoms with Gasteiger partial charge in [0.15, 0.2) is 5.76 Å². The molecule has 1 unspecified atom stereocenters. The fraction of sp³-hybridized carbons (Fsp3) is 0.182. The van der Waals surface area contributed by atoms with Gasteiger partial charge in [-0.3, -0.25) is 4.79 Å². The van der Waals surface area contributed by atoms with Gasteiger partial charge in [0.25, 0.3) is 5.91 Å². The molecule has 0 bridgehead atoms. The molecule has 4 aromatic rings. The number of nitrogens with one attached hydrogen (secondary N) is 2. The summed E-state index contributed by atoms with van der Waals surface area (Å²) in [6.45, 7) is 6.21. The van der Waals surface area contributed by atoms with E-state index in [-0.39, 0.29) is 11.9 Å². The number of hydrogen-bond donors (Lipinski definition) is 2. The first-order chi connectivity index (χ1) is 14.0. The Morgan fingerprint density at radius 3 is 2.76 bits per heavy atom. The van der Waals surface area contributed by atoms with E-state index in [0.29, 0.717) is 5.76 Å². The Balaban J connectivity index is 1.75. The van der Waals surface area contributed by atoms with E-state index in [2.05, 4.69) is 46.3 Å². The second-order valence-corrected chi connectivity index (χ2v) is 8.81. The van der Waals surface area contributed by atoms with Gasteiger partial charge in [0.2, 0.25) is 0 Å². The van der Waals surface area contributed by atoms with Crippen LogP contribution in [0.25, 0.3) is 0 Å². The summed E-state index contributed by atoms with van der Waals surface area (Å²) in [6, 6.07) is 9.33. The van der Waals surface area contributed by atoms with Crippen LogP contribution in [-0.2, 0) is 0 Å². The van der Waals surface area contributed by atoms with Gasteiger partial charge in [-0.2, -0.15) is 11.3 Å². The van der Waals surface area contributed by atoms with Gasteiger partial charge >= 0.3 is 0 Å². The number of thiophene rings is 2. The summed E-state index contributed by atoms with van der Waals surface area (Å²) in [5.41, 5.74) is 4.47. The molecule has 4 rings (SSSR count). The molecule has 0 aromatic carbocycles. The number of furan rings is 1. The van der Waals surface area contributed by atoms with Crippen LogP contribution >= 0.6 is 22.7 Å². The highest BCUT2D eigenvalue weighted by Gasteiger charge is 2.26. The van der Waals surface area contributed by atoms with Crippen LogP contribution in [0.4, 0.5) is 10.8 Å². The van der Waals surface area contributed by atoms with Crippen LogP contribution in [0.3, 0.4) is 0 Å². The molecular formula is C22H21N3O2S2. The highest BCUT2D eigenvalue weighted by Crippen LogP contribution is 2.41. The molecule has 0 radical (unpaired) electrons. The number of hydrogen-bond acceptors (Lipinski definition) is 6. The quantitative estimate of drug-likeness (QED) is 0.389. The Bertz CT molecular complexity index is 1120. The number of rotatable bonds is 6. The Morgan fingerprint density at radius 2 is 2.07 bits per heavy atom. The van der Waals surface area contributed by atoms with Crippen molar-refractivity contribution in [3.63, 3.8) is 0 Å². The van der Waals surface area contributed by atoms with Crippen molar-refractivity contribution in [2.45, 2.75) is 26.8 Å². The molecule has 7 heteroatoms. The van der Waals surface area contributed by atoms with E-state index in [0.717, 1.165) is 37.9 Å². The van der Waals surface area contributed by atoms with Crippen molar-refractivity contribution in [3.05, 3.63) is 86.4 Å². The first-order valence-electron chi connectivity index (χ1n) is 9.19. The van der Waals surface area contributed by atoms with Gasteiger partial charge in [0.1, 0.15) is 10.8 Å². The molecule has 5 nitrogen and oxygen atoms in total. The van der Waals surface area contributed by atoms with Crippen molar-refractivity contribution in [2.24, 2.45) is 0 Å². The first kappa shape index (κ1) is 19.4. The summed E-state index contributed by atoms with van der Waals surface area (Å²) < 4.78 is 5.25. The van der Waals surface area contributed by atoms with Crippen LogP contribution in [0.2, 0.25) is 0 Å². The van der Waals surface area contributed by atoms with Gasteiger partial charge in [-0.1, -0.05) is 0 Å². The van der Waals surface area contributed by atoms with E-state index in [4.69, 9.17) is 4.42 Å². The van der Waals surface area contributed by atoms with Gasteiger partial charge in [0.05, 0.1) is 12.3 Å². The summed E-state index contributed by atoms with van der Waals surface area (Å²) in [7, 11) is 0. The molecule has 4 heterocycles. The van der Waals surface area contributed by atoms with E-state index in [9.17, 15) is 4.79 Å². The molecule has 0 aliphatic carbocycles. The maximum Gasteiger partial charge on any atom is 0.291 e. The van der Waals surface area contributed by atoms with Gasteiger partial charge in [-0.25, -0.2) is 4.98 Å². The molecule has 148 valence electrons. The third kappa shape index (κ3) is 4.11. The molecule has 29 heavy (non-hydrogen) atoms. The summed E-state index contributed by atoms with van der Waals surface area (Å²) in [5.74, 6) is 0.836. The van der Waals surface area contributed by atoms with Crippen LogP contribution < -0.4 is 10.6 Å². The minimum atomic E-state index is -0.254. The molecular weight excluding hydrogens is 402 g/mol. The molecule has 0 saturated heterocycles. The molecule has 0 aliphatic rings. The second kappa shape index (κ2) is 8.23. The predicted octanol–water partition coefficient (Wildman–Crippen LogP) is 6.18. The lowest BCUT2D eigenvalue weighted by Crippen LogP contribution is -2.17. The lowest BCUT2D eigenvalue weighted by molar-refractivity contribution is 0.0997. The number of amides is 1. The SMILES string of the molecule is Cc1ccnc(NC(c2ccsc2)c2c(NC(=O)c3ccco3)sc(C)c2C)c1. The van der Waals surface area contributed by atoms with Crippen molar-refractivity contribution >= 4 is 39.4 Å². The molecule has 0 saturated carbocycles. The molecule has 0 fully saturated rings. The summed E-state index contributed by atoms with van der Waals surface area (Å²) >= 11 is 3.22. The average Bonchev–Trinajstić information content (AvgIpc) is 3.44. The lowest BCUT2D eigenvalue weighted by atomic mass is 9.98. The molecule has 0 aliphatic heterocycles. The number of pyridine rings is 1. The third-order valence-corrected chi connectivity index (χ3v) is 6.62.